The average Bonchev–Trinajstić information content (AvgIpc) is 3.25. The minimum Gasteiger partial charge on any atom is -0.365 e. The number of nitrogens with one attached hydrogen (secondary N) is 1. The zero-order valence-electron chi connectivity index (χ0n) is 18.6. The van der Waals surface area contributed by atoms with E-state index in [0.29, 0.717) is 5.82 Å². The Bertz CT molecular complexity index is 1480. The first-order valence-electron chi connectivity index (χ1n) is 10.0. The van der Waals surface area contributed by atoms with E-state index in [-0.39, 0.29) is 44.5 Å². The zero-order chi connectivity index (χ0) is 24.3. The third-order valence-corrected chi connectivity index (χ3v) is 6.56. The van der Waals surface area contributed by atoms with Crippen LogP contribution in [0.1, 0.15) is 33.3 Å². The summed E-state index contributed by atoms with van der Waals surface area (Å²) in [6, 6.07) is 2.54. The second-order valence-electron chi connectivity index (χ2n) is 8.58. The first kappa shape index (κ1) is 23.0. The molecule has 0 fully saturated rings. The Morgan fingerprint density at radius 2 is 1.82 bits per heavy atom. The van der Waals surface area contributed by atoms with Gasteiger partial charge in [-0.15, -0.1) is 0 Å². The van der Waals surface area contributed by atoms with Crippen LogP contribution in [0.3, 0.4) is 0 Å². The van der Waals surface area contributed by atoms with Gasteiger partial charge < -0.3 is 9.88 Å². The molecule has 176 valence electrons. The van der Waals surface area contributed by atoms with E-state index >= 15 is 0 Å². The molecule has 0 amide bonds. The summed E-state index contributed by atoms with van der Waals surface area (Å²) in [5, 5.41) is 7.33. The van der Waals surface area contributed by atoms with Crippen LogP contribution in [0.15, 0.2) is 29.6 Å². The number of anilines is 1. The number of sulfone groups is 1. The van der Waals surface area contributed by atoms with Crippen molar-refractivity contribution in [3.63, 3.8) is 0 Å². The molecule has 1 N–H and O–H groups in total. The maximum Gasteiger partial charge on any atom is 0.417 e. The molecule has 0 aromatic carbocycles. The standard InChI is InChI=1S/C20H22F3N7O2S/c1-6-33(31,32)18-14(16-24-8-7-13(30(16)28-18)27-19(2,3)4)17-26-12-9-11(20(21,22)23)10-25-15(12)29(17)5/h7-10,27H,6H2,1-5H3. The van der Waals surface area contributed by atoms with E-state index < -0.39 is 21.6 Å². The second kappa shape index (κ2) is 7.40. The van der Waals surface area contributed by atoms with Crippen molar-refractivity contribution in [3.05, 3.63) is 30.1 Å². The second-order valence-corrected chi connectivity index (χ2v) is 10.8. The molecule has 0 spiro atoms. The summed E-state index contributed by atoms with van der Waals surface area (Å²) in [5.74, 6) is 0.369. The lowest BCUT2D eigenvalue weighted by atomic mass is 10.1. The number of aromatic nitrogens is 6. The maximum atomic E-state index is 13.2. The number of aryl methyl sites for hydroxylation is 1. The lowest BCUT2D eigenvalue weighted by molar-refractivity contribution is -0.137. The van der Waals surface area contributed by atoms with Crippen LogP contribution >= 0.6 is 0 Å². The van der Waals surface area contributed by atoms with E-state index in [1.807, 2.05) is 20.8 Å². The molecule has 4 aromatic rings. The SMILES string of the molecule is CCS(=O)(=O)c1nn2c(NC(C)(C)C)ccnc2c1-c1nc2cc(C(F)(F)F)cnc2n1C. The van der Waals surface area contributed by atoms with Gasteiger partial charge in [-0.2, -0.15) is 22.8 Å². The number of nitrogens with zero attached hydrogens (tertiary/aromatic N) is 6. The van der Waals surface area contributed by atoms with Crippen LogP contribution in [0.5, 0.6) is 0 Å². The fourth-order valence-electron chi connectivity index (χ4n) is 3.41. The number of pyridine rings is 1. The Morgan fingerprint density at radius 1 is 1.12 bits per heavy atom. The van der Waals surface area contributed by atoms with Crippen molar-refractivity contribution in [2.75, 3.05) is 11.1 Å². The lowest BCUT2D eigenvalue weighted by Crippen LogP contribution is -2.27. The Labute approximate surface area is 187 Å². The summed E-state index contributed by atoms with van der Waals surface area (Å²) in [5.41, 5.74) is -0.864. The summed E-state index contributed by atoms with van der Waals surface area (Å²) >= 11 is 0. The molecule has 4 heterocycles. The molecule has 0 radical (unpaired) electrons. The van der Waals surface area contributed by atoms with E-state index in [1.54, 1.807) is 13.1 Å². The smallest absolute Gasteiger partial charge is 0.365 e. The van der Waals surface area contributed by atoms with Gasteiger partial charge in [-0.25, -0.2) is 23.4 Å². The highest BCUT2D eigenvalue weighted by atomic mass is 32.2. The van der Waals surface area contributed by atoms with Crippen molar-refractivity contribution in [2.45, 2.75) is 44.4 Å². The Morgan fingerprint density at radius 3 is 2.42 bits per heavy atom. The van der Waals surface area contributed by atoms with Gasteiger partial charge in [-0.1, -0.05) is 6.92 Å². The van der Waals surface area contributed by atoms with Gasteiger partial charge in [0.25, 0.3) is 0 Å². The number of alkyl halides is 3. The fraction of sp³-hybridized carbons (Fsp3) is 0.400. The number of hydrogen-bond donors (Lipinski definition) is 1. The number of hydrogen-bond acceptors (Lipinski definition) is 7. The summed E-state index contributed by atoms with van der Waals surface area (Å²) in [6.45, 7) is 7.28. The molecule has 9 nitrogen and oxygen atoms in total. The molecule has 0 aliphatic carbocycles. The number of fused-ring (bicyclic) bond motifs is 2. The Kier molecular flexibility index (Phi) is 5.15. The molecule has 0 aliphatic rings. The third kappa shape index (κ3) is 4.01. The van der Waals surface area contributed by atoms with Gasteiger partial charge in [0.1, 0.15) is 22.7 Å². The molecule has 0 saturated heterocycles. The van der Waals surface area contributed by atoms with Gasteiger partial charge in [0, 0.05) is 25.0 Å². The van der Waals surface area contributed by atoms with Crippen molar-refractivity contribution in [3.8, 4) is 11.4 Å². The predicted octanol–water partition coefficient (Wildman–Crippen LogP) is 3.70. The highest BCUT2D eigenvalue weighted by Gasteiger charge is 2.33. The number of rotatable bonds is 4. The van der Waals surface area contributed by atoms with Gasteiger partial charge in [-0.05, 0) is 32.9 Å². The Balaban J connectivity index is 2.06. The van der Waals surface area contributed by atoms with Crippen LogP contribution in [-0.4, -0.2) is 48.8 Å². The normalized spacial score (nSPS) is 13.2. The van der Waals surface area contributed by atoms with Crippen molar-refractivity contribution in [1.82, 2.24) is 29.1 Å². The van der Waals surface area contributed by atoms with Gasteiger partial charge >= 0.3 is 6.18 Å². The largest absolute Gasteiger partial charge is 0.417 e. The minimum absolute atomic E-state index is 0.0227. The first-order chi connectivity index (χ1) is 15.2. The molecule has 4 aromatic heterocycles. The van der Waals surface area contributed by atoms with Gasteiger partial charge in [0.2, 0.25) is 0 Å². The Hall–Kier alpha value is -3.22. The van der Waals surface area contributed by atoms with Crippen LogP contribution in [0.4, 0.5) is 19.0 Å². The predicted molar refractivity (Wildman–Crippen MR) is 117 cm³/mol. The van der Waals surface area contributed by atoms with Crippen molar-refractivity contribution < 1.29 is 21.6 Å². The lowest BCUT2D eigenvalue weighted by Gasteiger charge is -2.22. The molecule has 4 rings (SSSR count). The summed E-state index contributed by atoms with van der Waals surface area (Å²) in [4.78, 5) is 12.5. The van der Waals surface area contributed by atoms with Gasteiger partial charge in [-0.3, -0.25) is 0 Å². The van der Waals surface area contributed by atoms with E-state index in [1.165, 1.54) is 22.2 Å². The third-order valence-electron chi connectivity index (χ3n) is 4.92. The van der Waals surface area contributed by atoms with E-state index in [2.05, 4.69) is 25.4 Å². The highest BCUT2D eigenvalue weighted by molar-refractivity contribution is 7.91. The monoisotopic (exact) mass is 481 g/mol. The summed E-state index contributed by atoms with van der Waals surface area (Å²) in [7, 11) is -2.29. The van der Waals surface area contributed by atoms with Crippen LogP contribution in [0.25, 0.3) is 28.2 Å². The average molecular weight is 482 g/mol. The first-order valence-corrected chi connectivity index (χ1v) is 11.7. The van der Waals surface area contributed by atoms with E-state index in [0.717, 1.165) is 12.3 Å². The maximum absolute atomic E-state index is 13.2. The zero-order valence-corrected chi connectivity index (χ0v) is 19.4. The highest BCUT2D eigenvalue weighted by Crippen LogP contribution is 2.35. The van der Waals surface area contributed by atoms with Crippen molar-refractivity contribution in [2.24, 2.45) is 7.05 Å². The number of imidazole rings is 1. The molecule has 33 heavy (non-hydrogen) atoms. The fourth-order valence-corrected chi connectivity index (χ4v) is 4.38. The van der Waals surface area contributed by atoms with E-state index in [4.69, 9.17) is 0 Å². The molecule has 0 saturated carbocycles. The quantitative estimate of drug-likeness (QED) is 0.474. The number of halogens is 3. The summed E-state index contributed by atoms with van der Waals surface area (Å²) < 4.78 is 68.2. The molecule has 0 aliphatic heterocycles. The van der Waals surface area contributed by atoms with Crippen molar-refractivity contribution in [1.29, 1.82) is 0 Å². The topological polar surface area (TPSA) is 107 Å². The van der Waals surface area contributed by atoms with Gasteiger partial charge in [0.15, 0.2) is 26.2 Å². The van der Waals surface area contributed by atoms with Crippen LogP contribution in [0.2, 0.25) is 0 Å². The molecular formula is C20H22F3N7O2S. The molecule has 0 atom stereocenters. The van der Waals surface area contributed by atoms with Crippen LogP contribution in [0, 0.1) is 0 Å². The van der Waals surface area contributed by atoms with Crippen LogP contribution < -0.4 is 5.32 Å². The molecule has 13 heteroatoms. The van der Waals surface area contributed by atoms with E-state index in [9.17, 15) is 21.6 Å². The van der Waals surface area contributed by atoms with Crippen LogP contribution in [-0.2, 0) is 23.1 Å². The molecule has 0 bridgehead atoms. The minimum atomic E-state index is -4.59. The van der Waals surface area contributed by atoms with Crippen molar-refractivity contribution >= 4 is 32.5 Å². The van der Waals surface area contributed by atoms with Gasteiger partial charge in [0.05, 0.1) is 11.3 Å². The summed E-state index contributed by atoms with van der Waals surface area (Å²) in [6.07, 6.45) is -2.37. The molecule has 0 unspecified atom stereocenters. The molecular weight excluding hydrogens is 459 g/mol.